The largest absolute Gasteiger partial charge is 0.325 e. The number of amides is 3. The quantitative estimate of drug-likeness (QED) is 0.621. The molecule has 1 aliphatic carbocycles. The molecule has 31 heavy (non-hydrogen) atoms. The number of hydrogen-bond donors (Lipinski definition) is 1. The Morgan fingerprint density at radius 1 is 0.839 bits per heavy atom. The first kappa shape index (κ1) is 19.5. The van der Waals surface area contributed by atoms with Gasteiger partial charge < -0.3 is 5.32 Å². The van der Waals surface area contributed by atoms with Crippen LogP contribution in [-0.2, 0) is 4.79 Å². The van der Waals surface area contributed by atoms with E-state index in [9.17, 15) is 14.4 Å². The van der Waals surface area contributed by atoms with E-state index in [1.807, 2.05) is 42.5 Å². The van der Waals surface area contributed by atoms with E-state index < -0.39 is 0 Å². The molecular weight excluding hydrogens is 388 g/mol. The summed E-state index contributed by atoms with van der Waals surface area (Å²) < 4.78 is 0. The molecule has 0 saturated heterocycles. The van der Waals surface area contributed by atoms with E-state index in [0.717, 1.165) is 42.1 Å². The minimum atomic E-state index is -0.251. The van der Waals surface area contributed by atoms with Gasteiger partial charge in [0, 0.05) is 23.5 Å². The van der Waals surface area contributed by atoms with E-state index in [2.05, 4.69) is 5.32 Å². The SMILES string of the molecule is O=C(Nc1cccc2ccccc12)C1CCCCC1CN1C(=O)c2ccccc2C1=O. The predicted molar refractivity (Wildman–Crippen MR) is 120 cm³/mol. The first-order valence-electron chi connectivity index (χ1n) is 10.9. The van der Waals surface area contributed by atoms with E-state index in [1.54, 1.807) is 24.3 Å². The highest BCUT2D eigenvalue weighted by Gasteiger charge is 2.40. The van der Waals surface area contributed by atoms with Crippen LogP contribution in [0.3, 0.4) is 0 Å². The molecule has 0 radical (unpaired) electrons. The summed E-state index contributed by atoms with van der Waals surface area (Å²) in [4.78, 5) is 40.2. The van der Waals surface area contributed by atoms with Crippen molar-refractivity contribution >= 4 is 34.2 Å². The fourth-order valence-corrected chi connectivity index (χ4v) is 4.97. The number of nitrogens with one attached hydrogen (secondary N) is 1. The van der Waals surface area contributed by atoms with Gasteiger partial charge in [0.15, 0.2) is 0 Å². The van der Waals surface area contributed by atoms with Crippen LogP contribution >= 0.6 is 0 Å². The number of rotatable bonds is 4. The van der Waals surface area contributed by atoms with Crippen LogP contribution in [0.4, 0.5) is 5.69 Å². The summed E-state index contributed by atoms with van der Waals surface area (Å²) in [7, 11) is 0. The Kier molecular flexibility index (Phi) is 5.02. The molecular formula is C26H24N2O3. The molecule has 1 saturated carbocycles. The highest BCUT2D eigenvalue weighted by molar-refractivity contribution is 6.21. The number of benzene rings is 3. The second-order valence-electron chi connectivity index (χ2n) is 8.43. The Morgan fingerprint density at radius 2 is 1.48 bits per heavy atom. The summed E-state index contributed by atoms with van der Waals surface area (Å²) in [5.41, 5.74) is 1.72. The van der Waals surface area contributed by atoms with Crippen LogP contribution < -0.4 is 5.32 Å². The minimum Gasteiger partial charge on any atom is -0.325 e. The van der Waals surface area contributed by atoms with Gasteiger partial charge in [-0.3, -0.25) is 19.3 Å². The first-order chi connectivity index (χ1) is 15.1. The molecule has 5 rings (SSSR count). The Bertz CT molecular complexity index is 1150. The molecule has 5 heteroatoms. The van der Waals surface area contributed by atoms with Crippen molar-refractivity contribution in [3.8, 4) is 0 Å². The van der Waals surface area contributed by atoms with Crippen LogP contribution in [0.2, 0.25) is 0 Å². The zero-order valence-corrected chi connectivity index (χ0v) is 17.2. The van der Waals surface area contributed by atoms with Gasteiger partial charge in [0.05, 0.1) is 11.1 Å². The summed E-state index contributed by atoms with van der Waals surface area (Å²) in [6.45, 7) is 0.292. The Balaban J connectivity index is 1.36. The molecule has 3 aromatic carbocycles. The van der Waals surface area contributed by atoms with Gasteiger partial charge >= 0.3 is 0 Å². The third-order valence-corrected chi connectivity index (χ3v) is 6.59. The maximum Gasteiger partial charge on any atom is 0.261 e. The molecule has 1 heterocycles. The highest BCUT2D eigenvalue weighted by atomic mass is 16.2. The molecule has 0 spiro atoms. The topological polar surface area (TPSA) is 66.5 Å². The predicted octanol–water partition coefficient (Wildman–Crippen LogP) is 4.88. The lowest BCUT2D eigenvalue weighted by Crippen LogP contribution is -2.41. The molecule has 1 N–H and O–H groups in total. The van der Waals surface area contributed by atoms with Gasteiger partial charge in [0.1, 0.15) is 0 Å². The van der Waals surface area contributed by atoms with Crippen molar-refractivity contribution in [2.45, 2.75) is 25.7 Å². The first-order valence-corrected chi connectivity index (χ1v) is 10.9. The lowest BCUT2D eigenvalue weighted by atomic mass is 9.78. The normalized spacial score (nSPS) is 20.7. The zero-order valence-electron chi connectivity index (χ0n) is 17.2. The van der Waals surface area contributed by atoms with Gasteiger partial charge in [-0.15, -0.1) is 0 Å². The summed E-state index contributed by atoms with van der Waals surface area (Å²) in [5, 5.41) is 5.20. The van der Waals surface area contributed by atoms with Crippen LogP contribution in [-0.4, -0.2) is 29.2 Å². The summed E-state index contributed by atoms with van der Waals surface area (Å²) in [6.07, 6.45) is 3.59. The van der Waals surface area contributed by atoms with Crippen LogP contribution in [0.1, 0.15) is 46.4 Å². The van der Waals surface area contributed by atoms with Gasteiger partial charge in [-0.1, -0.05) is 61.4 Å². The van der Waals surface area contributed by atoms with Gasteiger partial charge in [-0.25, -0.2) is 0 Å². The number of carbonyl (C=O) groups excluding carboxylic acids is 3. The van der Waals surface area contributed by atoms with Gasteiger partial charge in [-0.2, -0.15) is 0 Å². The molecule has 5 nitrogen and oxygen atoms in total. The molecule has 1 aliphatic heterocycles. The number of anilines is 1. The van der Waals surface area contributed by atoms with E-state index >= 15 is 0 Å². The van der Waals surface area contributed by atoms with Crippen molar-refractivity contribution in [3.05, 3.63) is 77.9 Å². The lowest BCUT2D eigenvalue weighted by molar-refractivity contribution is -0.122. The van der Waals surface area contributed by atoms with Gasteiger partial charge in [0.2, 0.25) is 5.91 Å². The van der Waals surface area contributed by atoms with Crippen molar-refractivity contribution in [1.82, 2.24) is 4.90 Å². The number of carbonyl (C=O) groups is 3. The standard InChI is InChI=1S/C26H24N2O3/c29-24(27-23-15-7-10-17-8-1-3-11-19(17)23)20-12-4-2-9-18(20)16-28-25(30)21-13-5-6-14-22(21)26(28)31/h1,3,5-8,10-11,13-15,18,20H,2,4,9,12,16H2,(H,27,29). The number of hydrogen-bond acceptors (Lipinski definition) is 3. The molecule has 2 unspecified atom stereocenters. The van der Waals surface area contributed by atoms with Crippen molar-refractivity contribution in [2.75, 3.05) is 11.9 Å². The van der Waals surface area contributed by atoms with Crippen LogP contribution in [0, 0.1) is 11.8 Å². The van der Waals surface area contributed by atoms with Gasteiger partial charge in [-0.05, 0) is 42.3 Å². The maximum atomic E-state index is 13.3. The fraction of sp³-hybridized carbons (Fsp3) is 0.269. The van der Waals surface area contributed by atoms with E-state index in [-0.39, 0.29) is 29.6 Å². The third-order valence-electron chi connectivity index (χ3n) is 6.59. The molecule has 156 valence electrons. The average molecular weight is 412 g/mol. The highest BCUT2D eigenvalue weighted by Crippen LogP contribution is 2.34. The van der Waals surface area contributed by atoms with Crippen molar-refractivity contribution in [2.24, 2.45) is 11.8 Å². The lowest BCUT2D eigenvalue weighted by Gasteiger charge is -2.33. The molecule has 2 aliphatic rings. The Hall–Kier alpha value is -3.47. The van der Waals surface area contributed by atoms with E-state index in [4.69, 9.17) is 0 Å². The van der Waals surface area contributed by atoms with Gasteiger partial charge in [0.25, 0.3) is 11.8 Å². The van der Waals surface area contributed by atoms with Crippen molar-refractivity contribution in [3.63, 3.8) is 0 Å². The molecule has 1 fully saturated rings. The molecule has 0 bridgehead atoms. The van der Waals surface area contributed by atoms with Crippen LogP contribution in [0.15, 0.2) is 66.7 Å². The summed E-state index contributed by atoms with van der Waals surface area (Å²) in [5.74, 6) is -0.792. The van der Waals surface area contributed by atoms with Crippen LogP contribution in [0.25, 0.3) is 10.8 Å². The second-order valence-corrected chi connectivity index (χ2v) is 8.43. The molecule has 2 atom stereocenters. The van der Waals surface area contributed by atoms with Crippen molar-refractivity contribution < 1.29 is 14.4 Å². The molecule has 3 amide bonds. The van der Waals surface area contributed by atoms with Crippen LogP contribution in [0.5, 0.6) is 0 Å². The molecule has 3 aromatic rings. The third kappa shape index (κ3) is 3.50. The minimum absolute atomic E-state index is 0.0299. The average Bonchev–Trinajstić information content (AvgIpc) is 3.05. The number of imide groups is 1. The summed E-state index contributed by atoms with van der Waals surface area (Å²) >= 11 is 0. The zero-order chi connectivity index (χ0) is 21.4. The number of nitrogens with zero attached hydrogens (tertiary/aromatic N) is 1. The fourth-order valence-electron chi connectivity index (χ4n) is 4.97. The number of fused-ring (bicyclic) bond motifs is 2. The Morgan fingerprint density at radius 3 is 2.26 bits per heavy atom. The second kappa shape index (κ2) is 7.99. The van der Waals surface area contributed by atoms with E-state index in [0.29, 0.717) is 17.7 Å². The Labute approximate surface area is 181 Å². The van der Waals surface area contributed by atoms with E-state index in [1.165, 1.54) is 4.90 Å². The maximum absolute atomic E-state index is 13.3. The monoisotopic (exact) mass is 412 g/mol. The van der Waals surface area contributed by atoms with Crippen molar-refractivity contribution in [1.29, 1.82) is 0 Å². The smallest absolute Gasteiger partial charge is 0.261 e. The summed E-state index contributed by atoms with van der Waals surface area (Å²) in [6, 6.07) is 20.8. The molecule has 0 aromatic heterocycles.